The summed E-state index contributed by atoms with van der Waals surface area (Å²) in [6, 6.07) is 11.8. The molecule has 2 aliphatic rings. The molecule has 0 N–H and O–H groups in total. The van der Waals surface area contributed by atoms with E-state index in [2.05, 4.69) is 48.9 Å². The maximum absolute atomic E-state index is 13.1. The fraction of sp³-hybridized carbons (Fsp3) is 0.462. The Kier molecular flexibility index (Phi) is 5.75. The summed E-state index contributed by atoms with van der Waals surface area (Å²) in [7, 11) is 0. The van der Waals surface area contributed by atoms with Gasteiger partial charge in [-0.05, 0) is 56.7 Å². The number of benzene rings is 1. The SMILES string of the molecule is CC(C)n1cc(CCCC(=O)N2C[C@@H]3C[C@H](C2)c2ccc([N+](=O)[O-])c(=O)n2C3)c2ccccc21. The number of nitro groups is 1. The number of fused-ring (bicyclic) bond motifs is 5. The molecule has 178 valence electrons. The van der Waals surface area contributed by atoms with E-state index in [0.717, 1.165) is 25.0 Å². The standard InChI is InChI=1S/C26H30N4O4/c1-17(2)28-16-19(21-7-3-4-8-23(21)28)6-5-9-25(31)27-13-18-12-20(15-27)22-10-11-24(30(33)34)26(32)29(22)14-18/h3-4,7-8,10-11,16-18,20H,5-6,9,12-15H2,1-2H3/t18-,20+/m0/s1. The second-order valence-electron chi connectivity index (χ2n) is 9.94. The molecule has 2 aromatic heterocycles. The zero-order valence-electron chi connectivity index (χ0n) is 19.6. The maximum atomic E-state index is 13.1. The van der Waals surface area contributed by atoms with Gasteiger partial charge in [-0.25, -0.2) is 0 Å². The first-order valence-electron chi connectivity index (χ1n) is 12.1. The highest BCUT2D eigenvalue weighted by molar-refractivity contribution is 5.84. The first-order valence-corrected chi connectivity index (χ1v) is 12.1. The summed E-state index contributed by atoms with van der Waals surface area (Å²) in [6.07, 6.45) is 5.27. The Morgan fingerprint density at radius 3 is 2.71 bits per heavy atom. The minimum Gasteiger partial charge on any atom is -0.345 e. The molecule has 8 nitrogen and oxygen atoms in total. The highest BCUT2D eigenvalue weighted by Gasteiger charge is 2.37. The van der Waals surface area contributed by atoms with E-state index in [1.807, 2.05) is 4.90 Å². The molecule has 3 aromatic rings. The van der Waals surface area contributed by atoms with Crippen molar-refractivity contribution in [2.45, 2.75) is 58.0 Å². The lowest BCUT2D eigenvalue weighted by molar-refractivity contribution is -0.386. The molecule has 5 rings (SSSR count). The quantitative estimate of drug-likeness (QED) is 0.404. The largest absolute Gasteiger partial charge is 0.345 e. The highest BCUT2D eigenvalue weighted by atomic mass is 16.6. The Balaban J connectivity index is 1.26. The Bertz CT molecular complexity index is 1320. The number of para-hydroxylation sites is 1. The monoisotopic (exact) mass is 462 g/mol. The minimum atomic E-state index is -0.617. The fourth-order valence-corrected chi connectivity index (χ4v) is 5.77. The molecule has 0 spiro atoms. The molecule has 1 aromatic carbocycles. The van der Waals surface area contributed by atoms with Crippen LogP contribution in [0.25, 0.3) is 10.9 Å². The van der Waals surface area contributed by atoms with Gasteiger partial charge in [0.25, 0.3) is 0 Å². The van der Waals surface area contributed by atoms with Gasteiger partial charge in [-0.2, -0.15) is 0 Å². The topological polar surface area (TPSA) is 90.4 Å². The summed E-state index contributed by atoms with van der Waals surface area (Å²) < 4.78 is 3.85. The number of carbonyl (C=O) groups is 1. The van der Waals surface area contributed by atoms with Gasteiger partial charge in [0.1, 0.15) is 0 Å². The van der Waals surface area contributed by atoms with E-state index in [0.29, 0.717) is 32.1 Å². The lowest BCUT2D eigenvalue weighted by atomic mass is 9.83. The molecule has 1 amide bonds. The lowest BCUT2D eigenvalue weighted by Crippen LogP contribution is -2.49. The number of hydrogen-bond donors (Lipinski definition) is 0. The summed E-state index contributed by atoms with van der Waals surface area (Å²) in [5.74, 6) is 0.355. The number of rotatable bonds is 6. The van der Waals surface area contributed by atoms with Crippen LogP contribution < -0.4 is 5.56 Å². The number of aromatic nitrogens is 2. The molecule has 1 fully saturated rings. The van der Waals surface area contributed by atoms with Crippen LogP contribution in [-0.4, -0.2) is 38.0 Å². The van der Waals surface area contributed by atoms with Crippen LogP contribution in [0, 0.1) is 16.0 Å². The van der Waals surface area contributed by atoms with Crippen LogP contribution in [-0.2, 0) is 17.8 Å². The van der Waals surface area contributed by atoms with Crippen LogP contribution in [0.4, 0.5) is 5.69 Å². The summed E-state index contributed by atoms with van der Waals surface area (Å²) >= 11 is 0. The molecule has 0 radical (unpaired) electrons. The highest BCUT2D eigenvalue weighted by Crippen LogP contribution is 2.36. The zero-order chi connectivity index (χ0) is 24.0. The van der Waals surface area contributed by atoms with Gasteiger partial charge in [0.05, 0.1) is 4.92 Å². The second-order valence-corrected chi connectivity index (χ2v) is 9.94. The molecule has 1 saturated heterocycles. The van der Waals surface area contributed by atoms with Crippen molar-refractivity contribution in [2.75, 3.05) is 13.1 Å². The number of likely N-dealkylation sites (tertiary alicyclic amines) is 1. The summed E-state index contributed by atoms with van der Waals surface area (Å²) in [5, 5.41) is 12.4. The van der Waals surface area contributed by atoms with Gasteiger partial charge < -0.3 is 14.0 Å². The molecule has 34 heavy (non-hydrogen) atoms. The van der Waals surface area contributed by atoms with Gasteiger partial charge in [-0.3, -0.25) is 19.7 Å². The smallest absolute Gasteiger partial charge is 0.334 e. The summed E-state index contributed by atoms with van der Waals surface area (Å²) in [6.45, 7) is 5.97. The van der Waals surface area contributed by atoms with Crippen molar-refractivity contribution in [3.63, 3.8) is 0 Å². The molecule has 0 saturated carbocycles. The first kappa shape index (κ1) is 22.4. The van der Waals surface area contributed by atoms with Crippen LogP contribution in [0.1, 0.15) is 56.3 Å². The van der Waals surface area contributed by atoms with E-state index in [1.165, 1.54) is 22.5 Å². The third-order valence-corrected chi connectivity index (χ3v) is 7.35. The van der Waals surface area contributed by atoms with Gasteiger partial charge in [-0.1, -0.05) is 18.2 Å². The number of carbonyl (C=O) groups excluding carboxylic acids is 1. The Morgan fingerprint density at radius 1 is 1.15 bits per heavy atom. The molecule has 8 heteroatoms. The van der Waals surface area contributed by atoms with Gasteiger partial charge in [-0.15, -0.1) is 0 Å². The lowest BCUT2D eigenvalue weighted by Gasteiger charge is -2.42. The second kappa shape index (κ2) is 8.74. The molecular formula is C26H30N4O4. The van der Waals surface area contributed by atoms with Gasteiger partial charge >= 0.3 is 11.2 Å². The number of hydrogen-bond acceptors (Lipinski definition) is 4. The van der Waals surface area contributed by atoms with Gasteiger partial charge in [0.2, 0.25) is 5.91 Å². The first-order chi connectivity index (χ1) is 16.3. The van der Waals surface area contributed by atoms with Crippen molar-refractivity contribution >= 4 is 22.5 Å². The third-order valence-electron chi connectivity index (χ3n) is 7.35. The van der Waals surface area contributed by atoms with Crippen LogP contribution in [0.2, 0.25) is 0 Å². The zero-order valence-corrected chi connectivity index (χ0v) is 19.6. The van der Waals surface area contributed by atoms with E-state index >= 15 is 0 Å². The van der Waals surface area contributed by atoms with E-state index in [9.17, 15) is 19.7 Å². The van der Waals surface area contributed by atoms with E-state index in [1.54, 1.807) is 10.6 Å². The average molecular weight is 463 g/mol. The van der Waals surface area contributed by atoms with Crippen molar-refractivity contribution in [1.82, 2.24) is 14.0 Å². The normalized spacial score (nSPS) is 19.4. The summed E-state index contributed by atoms with van der Waals surface area (Å²) in [4.78, 5) is 38.1. The fourth-order valence-electron chi connectivity index (χ4n) is 5.77. The van der Waals surface area contributed by atoms with Gasteiger partial charge in [0, 0.05) is 66.9 Å². The van der Waals surface area contributed by atoms with Crippen molar-refractivity contribution in [1.29, 1.82) is 0 Å². The van der Waals surface area contributed by atoms with Gasteiger partial charge in [0.15, 0.2) is 0 Å². The van der Waals surface area contributed by atoms with Crippen molar-refractivity contribution < 1.29 is 9.72 Å². The molecular weight excluding hydrogens is 432 g/mol. The van der Waals surface area contributed by atoms with Crippen LogP contribution in [0.3, 0.4) is 0 Å². The number of piperidine rings is 1. The Labute approximate surface area is 197 Å². The van der Waals surface area contributed by atoms with E-state index < -0.39 is 10.5 Å². The Hall–Kier alpha value is -3.42. The number of nitrogens with zero attached hydrogens (tertiary/aromatic N) is 4. The number of pyridine rings is 1. The molecule has 2 atom stereocenters. The molecule has 4 heterocycles. The van der Waals surface area contributed by atoms with Crippen LogP contribution in [0.15, 0.2) is 47.4 Å². The maximum Gasteiger partial charge on any atom is 0.334 e. The van der Waals surface area contributed by atoms with Crippen LogP contribution >= 0.6 is 0 Å². The molecule has 0 unspecified atom stereocenters. The minimum absolute atomic E-state index is 0.0500. The predicted molar refractivity (Wildman–Crippen MR) is 130 cm³/mol. The molecule has 2 bridgehead atoms. The van der Waals surface area contributed by atoms with Crippen molar-refractivity contribution in [3.05, 3.63) is 74.3 Å². The van der Waals surface area contributed by atoms with Crippen LogP contribution in [0.5, 0.6) is 0 Å². The molecule has 0 aliphatic carbocycles. The average Bonchev–Trinajstić information content (AvgIpc) is 3.18. The van der Waals surface area contributed by atoms with Crippen molar-refractivity contribution in [3.8, 4) is 0 Å². The number of amides is 1. The number of aryl methyl sites for hydroxylation is 1. The predicted octanol–water partition coefficient (Wildman–Crippen LogP) is 4.26. The van der Waals surface area contributed by atoms with E-state index in [-0.39, 0.29) is 23.4 Å². The van der Waals surface area contributed by atoms with Crippen molar-refractivity contribution in [2.24, 2.45) is 5.92 Å². The van der Waals surface area contributed by atoms with E-state index in [4.69, 9.17) is 0 Å². The summed E-state index contributed by atoms with van der Waals surface area (Å²) in [5.41, 5.74) is 2.41. The third kappa shape index (κ3) is 3.91. The Morgan fingerprint density at radius 2 is 1.94 bits per heavy atom. The molecule has 2 aliphatic heterocycles.